The van der Waals surface area contributed by atoms with Crippen molar-refractivity contribution in [3.8, 4) is 11.1 Å². The van der Waals surface area contributed by atoms with E-state index in [9.17, 15) is 9.59 Å². The van der Waals surface area contributed by atoms with Gasteiger partial charge < -0.3 is 14.6 Å². The third-order valence-corrected chi connectivity index (χ3v) is 9.39. The lowest BCUT2D eigenvalue weighted by Crippen LogP contribution is -2.45. The molecule has 1 N–H and O–H groups in total. The van der Waals surface area contributed by atoms with Crippen molar-refractivity contribution in [2.75, 3.05) is 4.90 Å². The number of amides is 2. The third kappa shape index (κ3) is 8.62. The molecule has 0 spiro atoms. The summed E-state index contributed by atoms with van der Waals surface area (Å²) in [4.78, 5) is 33.9. The molecule has 1 aliphatic carbocycles. The van der Waals surface area contributed by atoms with E-state index >= 15 is 0 Å². The molecular formula is C43H50N4O3. The Hall–Kier alpha value is -4.91. The van der Waals surface area contributed by atoms with Gasteiger partial charge in [-0.05, 0) is 86.6 Å². The number of rotatable bonds is 11. The lowest BCUT2D eigenvalue weighted by Gasteiger charge is -2.28. The highest BCUT2D eigenvalue weighted by molar-refractivity contribution is 5.97. The third-order valence-electron chi connectivity index (χ3n) is 9.39. The number of aryl methyl sites for hydroxylation is 1. The van der Waals surface area contributed by atoms with Gasteiger partial charge in [-0.25, -0.2) is 14.6 Å². The monoisotopic (exact) mass is 670 g/mol. The number of carbonyl (C=O) groups is 2. The van der Waals surface area contributed by atoms with Gasteiger partial charge >= 0.3 is 12.0 Å². The SMILES string of the molecule is CCCCc1nc2ccc(N(Cc3ccccc3)C(=O)NC3CCCCC3)cc2n1Cc1ccc(-c2ccccc2C(=O)OC(C)(C)C)cc1. The number of unbranched alkanes of at least 4 members (excludes halogenated alkanes) is 1. The van der Waals surface area contributed by atoms with E-state index in [0.717, 1.165) is 89.7 Å². The number of nitrogens with zero attached hydrogens (tertiary/aromatic N) is 3. The molecule has 1 aromatic heterocycles. The predicted octanol–water partition coefficient (Wildman–Crippen LogP) is 10.1. The van der Waals surface area contributed by atoms with E-state index < -0.39 is 5.60 Å². The molecule has 5 aromatic rings. The molecule has 0 atom stereocenters. The topological polar surface area (TPSA) is 76.5 Å². The molecule has 0 unspecified atom stereocenters. The smallest absolute Gasteiger partial charge is 0.339 e. The van der Waals surface area contributed by atoms with E-state index in [1.54, 1.807) is 0 Å². The number of benzene rings is 4. The van der Waals surface area contributed by atoms with Crippen LogP contribution in [0.4, 0.5) is 10.5 Å². The molecule has 6 rings (SSSR count). The Morgan fingerprint density at radius 3 is 2.32 bits per heavy atom. The van der Waals surface area contributed by atoms with Crippen LogP contribution in [0.25, 0.3) is 22.2 Å². The molecule has 7 heteroatoms. The molecule has 0 saturated heterocycles. The van der Waals surface area contributed by atoms with Gasteiger partial charge in [-0.3, -0.25) is 4.90 Å². The minimum atomic E-state index is -0.575. The molecule has 0 radical (unpaired) electrons. The highest BCUT2D eigenvalue weighted by atomic mass is 16.6. The Balaban J connectivity index is 1.32. The van der Waals surface area contributed by atoms with Crippen molar-refractivity contribution in [2.24, 2.45) is 0 Å². The number of nitrogens with one attached hydrogen (secondary N) is 1. The van der Waals surface area contributed by atoms with Gasteiger partial charge in [0.05, 0.1) is 23.1 Å². The molecule has 1 saturated carbocycles. The van der Waals surface area contributed by atoms with Crippen LogP contribution in [-0.2, 0) is 24.2 Å². The van der Waals surface area contributed by atoms with Gasteiger partial charge in [0.2, 0.25) is 0 Å². The number of fused-ring (bicyclic) bond motifs is 1. The Kier molecular flexibility index (Phi) is 11.0. The number of hydrogen-bond acceptors (Lipinski definition) is 4. The second kappa shape index (κ2) is 15.8. The standard InChI is InChI=1S/C43H50N4O3/c1-5-6-21-40-45-38-27-26-35(46(29-31-15-9-7-10-16-31)42(49)44-34-17-11-8-12-18-34)28-39(38)47(40)30-32-22-24-33(25-23-32)36-19-13-14-20-37(36)41(48)50-43(2,3)4/h7,9-10,13-16,19-20,22-28,34H,5-6,8,11-12,17-18,21,29-30H2,1-4H3,(H,44,49). The molecule has 4 aromatic carbocycles. The molecular weight excluding hydrogens is 620 g/mol. The van der Waals surface area contributed by atoms with Crippen molar-refractivity contribution in [2.45, 2.75) is 104 Å². The van der Waals surface area contributed by atoms with E-state index in [1.807, 2.05) is 74.2 Å². The summed E-state index contributed by atoms with van der Waals surface area (Å²) in [6.45, 7) is 8.96. The summed E-state index contributed by atoms with van der Waals surface area (Å²) in [5, 5.41) is 3.35. The van der Waals surface area contributed by atoms with E-state index in [-0.39, 0.29) is 18.0 Å². The number of hydrogen-bond donors (Lipinski definition) is 1. The summed E-state index contributed by atoms with van der Waals surface area (Å²) in [5.74, 6) is 0.715. The highest BCUT2D eigenvalue weighted by Crippen LogP contribution is 2.29. The van der Waals surface area contributed by atoms with Crippen molar-refractivity contribution in [3.05, 3.63) is 120 Å². The summed E-state index contributed by atoms with van der Waals surface area (Å²) < 4.78 is 8.00. The van der Waals surface area contributed by atoms with Crippen molar-refractivity contribution in [1.29, 1.82) is 0 Å². The Labute approximate surface area is 296 Å². The number of ether oxygens (including phenoxy) is 1. The summed E-state index contributed by atoms with van der Waals surface area (Å²) >= 11 is 0. The average molecular weight is 671 g/mol. The molecule has 260 valence electrons. The fraction of sp³-hybridized carbons (Fsp3) is 0.372. The van der Waals surface area contributed by atoms with Crippen molar-refractivity contribution < 1.29 is 14.3 Å². The van der Waals surface area contributed by atoms with Gasteiger partial charge in [-0.1, -0.05) is 105 Å². The van der Waals surface area contributed by atoms with E-state index in [1.165, 1.54) is 6.42 Å². The number of aromatic nitrogens is 2. The minimum Gasteiger partial charge on any atom is -0.456 e. The molecule has 1 fully saturated rings. The van der Waals surface area contributed by atoms with Crippen LogP contribution in [0, 0.1) is 0 Å². The molecule has 0 bridgehead atoms. The lowest BCUT2D eigenvalue weighted by atomic mass is 9.96. The number of esters is 1. The molecule has 0 aliphatic heterocycles. The maximum Gasteiger partial charge on any atom is 0.339 e. The molecule has 1 aliphatic rings. The second-order valence-electron chi connectivity index (χ2n) is 14.5. The van der Waals surface area contributed by atoms with Crippen molar-refractivity contribution in [1.82, 2.24) is 14.9 Å². The molecule has 2 amide bonds. The zero-order valence-corrected chi connectivity index (χ0v) is 30.0. The van der Waals surface area contributed by atoms with Crippen LogP contribution in [0.1, 0.15) is 99.9 Å². The second-order valence-corrected chi connectivity index (χ2v) is 14.5. The highest BCUT2D eigenvalue weighted by Gasteiger charge is 2.24. The minimum absolute atomic E-state index is 0.0559. The zero-order valence-electron chi connectivity index (χ0n) is 30.0. The van der Waals surface area contributed by atoms with Crippen LogP contribution in [0.5, 0.6) is 0 Å². The Bertz CT molecular complexity index is 1900. The Morgan fingerprint density at radius 1 is 0.880 bits per heavy atom. The van der Waals surface area contributed by atoms with Crippen LogP contribution in [-0.4, -0.2) is 33.2 Å². The van der Waals surface area contributed by atoms with Crippen molar-refractivity contribution >= 4 is 28.7 Å². The number of anilines is 1. The van der Waals surface area contributed by atoms with Gasteiger partial charge in [-0.2, -0.15) is 0 Å². The van der Waals surface area contributed by atoms with E-state index in [2.05, 4.69) is 65.3 Å². The first-order valence-electron chi connectivity index (χ1n) is 18.2. The molecule has 50 heavy (non-hydrogen) atoms. The number of imidazole rings is 1. The zero-order chi connectivity index (χ0) is 35.1. The van der Waals surface area contributed by atoms with E-state index in [0.29, 0.717) is 18.7 Å². The van der Waals surface area contributed by atoms with Gasteiger partial charge in [0.15, 0.2) is 0 Å². The largest absolute Gasteiger partial charge is 0.456 e. The first kappa shape index (κ1) is 34.9. The summed E-state index contributed by atoms with van der Waals surface area (Å²) in [6.07, 6.45) is 8.61. The quantitative estimate of drug-likeness (QED) is 0.142. The van der Waals surface area contributed by atoms with Gasteiger partial charge in [-0.15, -0.1) is 0 Å². The molecule has 7 nitrogen and oxygen atoms in total. The van der Waals surface area contributed by atoms with Crippen LogP contribution >= 0.6 is 0 Å². The first-order valence-corrected chi connectivity index (χ1v) is 18.2. The Morgan fingerprint density at radius 2 is 1.60 bits per heavy atom. The van der Waals surface area contributed by atoms with Gasteiger partial charge in [0.1, 0.15) is 11.4 Å². The van der Waals surface area contributed by atoms with E-state index in [4.69, 9.17) is 9.72 Å². The van der Waals surface area contributed by atoms with Crippen LogP contribution in [0.3, 0.4) is 0 Å². The maximum atomic E-state index is 13.9. The predicted molar refractivity (Wildman–Crippen MR) is 203 cm³/mol. The normalized spacial score (nSPS) is 13.7. The fourth-order valence-corrected chi connectivity index (χ4v) is 6.80. The molecule has 1 heterocycles. The van der Waals surface area contributed by atoms with Crippen molar-refractivity contribution in [3.63, 3.8) is 0 Å². The van der Waals surface area contributed by atoms with Gasteiger partial charge in [0.25, 0.3) is 0 Å². The summed E-state index contributed by atoms with van der Waals surface area (Å²) in [6, 6.07) is 32.6. The van der Waals surface area contributed by atoms with Crippen LogP contribution in [0.2, 0.25) is 0 Å². The fourth-order valence-electron chi connectivity index (χ4n) is 6.80. The summed E-state index contributed by atoms with van der Waals surface area (Å²) in [5.41, 5.74) is 6.78. The first-order chi connectivity index (χ1) is 24.2. The average Bonchev–Trinajstić information content (AvgIpc) is 3.46. The maximum absolute atomic E-state index is 13.9. The number of carbonyl (C=O) groups excluding carboxylic acids is 2. The van der Waals surface area contributed by atoms with Gasteiger partial charge in [0, 0.05) is 24.7 Å². The lowest BCUT2D eigenvalue weighted by molar-refractivity contribution is 0.00703. The number of urea groups is 1. The van der Waals surface area contributed by atoms with Crippen LogP contribution in [0.15, 0.2) is 97.1 Å². The van der Waals surface area contributed by atoms with Crippen LogP contribution < -0.4 is 10.2 Å². The summed E-state index contributed by atoms with van der Waals surface area (Å²) in [7, 11) is 0.